The van der Waals surface area contributed by atoms with E-state index in [1.807, 2.05) is 20.8 Å². The molecule has 0 bridgehead atoms. The number of esters is 1. The summed E-state index contributed by atoms with van der Waals surface area (Å²) in [6, 6.07) is 0.209. The van der Waals surface area contributed by atoms with Crippen molar-refractivity contribution in [1.29, 1.82) is 0 Å². The van der Waals surface area contributed by atoms with Gasteiger partial charge in [0.05, 0.1) is 13.0 Å². The molecular weight excluding hydrogens is 272 g/mol. The van der Waals surface area contributed by atoms with E-state index in [9.17, 15) is 9.59 Å². The van der Waals surface area contributed by atoms with Crippen molar-refractivity contribution < 1.29 is 19.1 Å². The van der Waals surface area contributed by atoms with Gasteiger partial charge in [0.1, 0.15) is 5.60 Å². The Morgan fingerprint density at radius 1 is 1.33 bits per heavy atom. The molecule has 1 aliphatic heterocycles. The van der Waals surface area contributed by atoms with E-state index in [1.54, 1.807) is 11.8 Å². The average Bonchev–Trinajstić information content (AvgIpc) is 2.37. The summed E-state index contributed by atoms with van der Waals surface area (Å²) in [7, 11) is 0. The van der Waals surface area contributed by atoms with Crippen LogP contribution in [-0.2, 0) is 14.3 Å². The standard InChI is InChI=1S/C15H28N2O4/c1-5-20-13(18)8-9-16-12-7-6-10-17(11-12)14(19)21-15(2,3)4/h12,16H,5-11H2,1-4H3. The smallest absolute Gasteiger partial charge is 0.410 e. The third-order valence-corrected chi connectivity index (χ3v) is 3.14. The summed E-state index contributed by atoms with van der Waals surface area (Å²) < 4.78 is 10.3. The lowest BCUT2D eigenvalue weighted by molar-refractivity contribution is -0.143. The number of carbonyl (C=O) groups excluding carboxylic acids is 2. The average molecular weight is 300 g/mol. The van der Waals surface area contributed by atoms with Crippen LogP contribution in [0, 0.1) is 0 Å². The summed E-state index contributed by atoms with van der Waals surface area (Å²) in [6.45, 7) is 9.73. The molecule has 1 atom stereocenters. The Kier molecular flexibility index (Phi) is 6.95. The van der Waals surface area contributed by atoms with Crippen molar-refractivity contribution in [2.75, 3.05) is 26.2 Å². The monoisotopic (exact) mass is 300 g/mol. The Morgan fingerprint density at radius 2 is 2.05 bits per heavy atom. The van der Waals surface area contributed by atoms with Gasteiger partial charge >= 0.3 is 12.1 Å². The maximum atomic E-state index is 12.0. The second-order valence-corrected chi connectivity index (χ2v) is 6.27. The van der Waals surface area contributed by atoms with Gasteiger partial charge in [0, 0.05) is 25.7 Å². The van der Waals surface area contributed by atoms with Gasteiger partial charge in [-0.05, 0) is 40.5 Å². The molecule has 1 N–H and O–H groups in total. The number of carbonyl (C=O) groups is 2. The number of amides is 1. The molecule has 0 saturated carbocycles. The maximum Gasteiger partial charge on any atom is 0.410 e. The minimum Gasteiger partial charge on any atom is -0.466 e. The van der Waals surface area contributed by atoms with Gasteiger partial charge in [0.15, 0.2) is 0 Å². The number of rotatable bonds is 5. The van der Waals surface area contributed by atoms with Crippen molar-refractivity contribution in [2.45, 2.75) is 58.6 Å². The lowest BCUT2D eigenvalue weighted by Crippen LogP contribution is -2.49. The molecule has 1 rings (SSSR count). The topological polar surface area (TPSA) is 67.9 Å². The lowest BCUT2D eigenvalue weighted by atomic mass is 10.1. The van der Waals surface area contributed by atoms with Crippen molar-refractivity contribution in [1.82, 2.24) is 10.2 Å². The zero-order valence-corrected chi connectivity index (χ0v) is 13.6. The van der Waals surface area contributed by atoms with Gasteiger partial charge in [-0.15, -0.1) is 0 Å². The van der Waals surface area contributed by atoms with E-state index in [0.29, 0.717) is 26.1 Å². The Balaban J connectivity index is 2.32. The first-order chi connectivity index (χ1) is 9.81. The molecule has 1 heterocycles. The number of piperidine rings is 1. The predicted octanol–water partition coefficient (Wildman–Crippen LogP) is 1.93. The van der Waals surface area contributed by atoms with Gasteiger partial charge in [-0.2, -0.15) is 0 Å². The molecule has 1 saturated heterocycles. The molecule has 1 amide bonds. The number of hydrogen-bond donors (Lipinski definition) is 1. The van der Waals surface area contributed by atoms with E-state index in [4.69, 9.17) is 9.47 Å². The summed E-state index contributed by atoms with van der Waals surface area (Å²) >= 11 is 0. The molecular formula is C15H28N2O4. The van der Waals surface area contributed by atoms with Crippen LogP contribution in [0.5, 0.6) is 0 Å². The van der Waals surface area contributed by atoms with E-state index in [1.165, 1.54) is 0 Å². The Morgan fingerprint density at radius 3 is 2.67 bits per heavy atom. The zero-order chi connectivity index (χ0) is 15.9. The van der Waals surface area contributed by atoms with Crippen molar-refractivity contribution in [3.05, 3.63) is 0 Å². The van der Waals surface area contributed by atoms with Crippen molar-refractivity contribution in [3.8, 4) is 0 Å². The second-order valence-electron chi connectivity index (χ2n) is 6.27. The largest absolute Gasteiger partial charge is 0.466 e. The van der Waals surface area contributed by atoms with Gasteiger partial charge in [-0.3, -0.25) is 4.79 Å². The molecule has 6 heteroatoms. The Bertz CT molecular complexity index is 352. The molecule has 0 aliphatic carbocycles. The van der Waals surface area contributed by atoms with Crippen molar-refractivity contribution >= 4 is 12.1 Å². The number of likely N-dealkylation sites (tertiary alicyclic amines) is 1. The lowest BCUT2D eigenvalue weighted by Gasteiger charge is -2.34. The van der Waals surface area contributed by atoms with Crippen LogP contribution < -0.4 is 5.32 Å². The molecule has 1 unspecified atom stereocenters. The molecule has 1 aliphatic rings. The Labute approximate surface area is 127 Å². The molecule has 1 fully saturated rings. The summed E-state index contributed by atoms with van der Waals surface area (Å²) in [5, 5.41) is 3.31. The number of nitrogens with one attached hydrogen (secondary N) is 1. The number of nitrogens with zero attached hydrogens (tertiary/aromatic N) is 1. The summed E-state index contributed by atoms with van der Waals surface area (Å²) in [4.78, 5) is 25.0. The second kappa shape index (κ2) is 8.22. The van der Waals surface area contributed by atoms with Crippen LogP contribution in [0.4, 0.5) is 4.79 Å². The van der Waals surface area contributed by atoms with E-state index in [0.717, 1.165) is 19.4 Å². The van der Waals surface area contributed by atoms with Crippen LogP contribution in [0.25, 0.3) is 0 Å². The van der Waals surface area contributed by atoms with Gasteiger partial charge < -0.3 is 19.7 Å². The number of ether oxygens (including phenoxy) is 2. The van der Waals surface area contributed by atoms with Crippen LogP contribution >= 0.6 is 0 Å². The highest BCUT2D eigenvalue weighted by molar-refractivity contribution is 5.69. The van der Waals surface area contributed by atoms with Crippen molar-refractivity contribution in [2.24, 2.45) is 0 Å². The molecule has 0 aromatic carbocycles. The van der Waals surface area contributed by atoms with Gasteiger partial charge in [0.2, 0.25) is 0 Å². The van der Waals surface area contributed by atoms with Crippen molar-refractivity contribution in [3.63, 3.8) is 0 Å². The third kappa shape index (κ3) is 7.32. The van der Waals surface area contributed by atoms with Gasteiger partial charge in [-0.1, -0.05) is 0 Å². The number of hydrogen-bond acceptors (Lipinski definition) is 5. The van der Waals surface area contributed by atoms with E-state index in [-0.39, 0.29) is 18.1 Å². The fourth-order valence-corrected chi connectivity index (χ4v) is 2.25. The molecule has 0 aromatic heterocycles. The van der Waals surface area contributed by atoms with Gasteiger partial charge in [0.25, 0.3) is 0 Å². The first-order valence-electron chi connectivity index (χ1n) is 7.68. The van der Waals surface area contributed by atoms with Crippen LogP contribution in [0.15, 0.2) is 0 Å². The fourth-order valence-electron chi connectivity index (χ4n) is 2.25. The normalized spacial score (nSPS) is 19.2. The van der Waals surface area contributed by atoms with Crippen LogP contribution in [0.3, 0.4) is 0 Å². The summed E-state index contributed by atoms with van der Waals surface area (Å²) in [6.07, 6.45) is 2.04. The van der Waals surface area contributed by atoms with Gasteiger partial charge in [-0.25, -0.2) is 4.79 Å². The maximum absolute atomic E-state index is 12.0. The fraction of sp³-hybridized carbons (Fsp3) is 0.867. The summed E-state index contributed by atoms with van der Waals surface area (Å²) in [5.41, 5.74) is -0.471. The highest BCUT2D eigenvalue weighted by Gasteiger charge is 2.27. The van der Waals surface area contributed by atoms with E-state index in [2.05, 4.69) is 5.32 Å². The highest BCUT2D eigenvalue weighted by atomic mass is 16.6. The van der Waals surface area contributed by atoms with E-state index >= 15 is 0 Å². The van der Waals surface area contributed by atoms with E-state index < -0.39 is 5.60 Å². The predicted molar refractivity (Wildman–Crippen MR) is 80.1 cm³/mol. The molecule has 21 heavy (non-hydrogen) atoms. The Hall–Kier alpha value is -1.30. The van der Waals surface area contributed by atoms with Crippen LogP contribution in [0.2, 0.25) is 0 Å². The molecule has 0 spiro atoms. The molecule has 0 radical (unpaired) electrons. The van der Waals surface area contributed by atoms with Crippen LogP contribution in [-0.4, -0.2) is 54.8 Å². The minimum atomic E-state index is -0.471. The zero-order valence-electron chi connectivity index (χ0n) is 13.6. The van der Waals surface area contributed by atoms with Crippen LogP contribution in [0.1, 0.15) is 47.0 Å². The SMILES string of the molecule is CCOC(=O)CCNC1CCCN(C(=O)OC(C)(C)C)C1. The first-order valence-corrected chi connectivity index (χ1v) is 7.68. The molecule has 0 aromatic rings. The minimum absolute atomic E-state index is 0.190. The first kappa shape index (κ1) is 17.8. The molecule has 6 nitrogen and oxygen atoms in total. The molecule has 122 valence electrons. The highest BCUT2D eigenvalue weighted by Crippen LogP contribution is 2.15. The quantitative estimate of drug-likeness (QED) is 0.786. The summed E-state index contributed by atoms with van der Waals surface area (Å²) in [5.74, 6) is -0.190. The third-order valence-electron chi connectivity index (χ3n) is 3.14.